The highest BCUT2D eigenvalue weighted by Gasteiger charge is 2.34. The highest BCUT2D eigenvalue weighted by atomic mass is 19.4. The van der Waals surface area contributed by atoms with Crippen molar-refractivity contribution in [2.75, 3.05) is 31.1 Å². The molecule has 12 heteroatoms. The fourth-order valence-electron chi connectivity index (χ4n) is 3.27. The first-order valence-corrected chi connectivity index (χ1v) is 9.00. The zero-order chi connectivity index (χ0) is 21.3. The van der Waals surface area contributed by atoms with Crippen molar-refractivity contribution in [1.82, 2.24) is 15.1 Å². The lowest BCUT2D eigenvalue weighted by Crippen LogP contribution is -2.46. The van der Waals surface area contributed by atoms with Gasteiger partial charge in [0.05, 0.1) is 23.3 Å². The van der Waals surface area contributed by atoms with Crippen LogP contribution in [0.25, 0.3) is 11.7 Å². The Morgan fingerprint density at radius 3 is 2.53 bits per heavy atom. The summed E-state index contributed by atoms with van der Waals surface area (Å²) in [4.78, 5) is 14.3. The number of halogens is 3. The third-order valence-electron chi connectivity index (χ3n) is 4.77. The van der Waals surface area contributed by atoms with Crippen LogP contribution < -0.4 is 4.90 Å². The SMILES string of the molecule is O=[N+]([O-])c1cc(C(F)(F)F)ccc1N1CCN(Cc2nnc(-c3ccco3)o2)CC1. The summed E-state index contributed by atoms with van der Waals surface area (Å²) in [5.41, 5.74) is -1.43. The average Bonchev–Trinajstić information content (AvgIpc) is 3.39. The van der Waals surface area contributed by atoms with Gasteiger partial charge in [0.25, 0.3) is 11.6 Å². The van der Waals surface area contributed by atoms with Gasteiger partial charge in [0.15, 0.2) is 5.76 Å². The number of benzene rings is 1. The van der Waals surface area contributed by atoms with E-state index in [2.05, 4.69) is 10.2 Å². The monoisotopic (exact) mass is 423 g/mol. The molecule has 3 aromatic rings. The molecule has 2 aromatic heterocycles. The number of nitrogens with zero attached hydrogens (tertiary/aromatic N) is 5. The van der Waals surface area contributed by atoms with E-state index in [9.17, 15) is 23.3 Å². The summed E-state index contributed by atoms with van der Waals surface area (Å²) in [6.45, 7) is 2.25. The Hall–Kier alpha value is -3.41. The zero-order valence-corrected chi connectivity index (χ0v) is 15.5. The average molecular weight is 423 g/mol. The molecule has 0 radical (unpaired) electrons. The van der Waals surface area contributed by atoms with Crippen LogP contribution in [0.2, 0.25) is 0 Å². The number of hydrogen-bond acceptors (Lipinski definition) is 8. The van der Waals surface area contributed by atoms with E-state index < -0.39 is 22.4 Å². The van der Waals surface area contributed by atoms with Crippen molar-refractivity contribution in [3.05, 3.63) is 58.2 Å². The van der Waals surface area contributed by atoms with Gasteiger partial charge in [-0.1, -0.05) is 0 Å². The van der Waals surface area contributed by atoms with E-state index in [0.717, 1.165) is 12.1 Å². The van der Waals surface area contributed by atoms with Crippen molar-refractivity contribution >= 4 is 11.4 Å². The topological polar surface area (TPSA) is 102 Å². The molecule has 3 heterocycles. The number of nitro groups is 1. The van der Waals surface area contributed by atoms with Crippen LogP contribution in [0.5, 0.6) is 0 Å². The summed E-state index contributed by atoms with van der Waals surface area (Å²) < 4.78 is 49.4. The minimum atomic E-state index is -4.64. The predicted molar refractivity (Wildman–Crippen MR) is 97.6 cm³/mol. The van der Waals surface area contributed by atoms with Crippen LogP contribution in [0, 0.1) is 10.1 Å². The molecule has 1 aromatic carbocycles. The van der Waals surface area contributed by atoms with E-state index in [0.29, 0.717) is 50.4 Å². The minimum Gasteiger partial charge on any atom is -0.459 e. The number of alkyl halides is 3. The molecule has 9 nitrogen and oxygen atoms in total. The summed E-state index contributed by atoms with van der Waals surface area (Å²) in [7, 11) is 0. The predicted octanol–water partition coefficient (Wildman–Crippen LogP) is 3.58. The molecule has 30 heavy (non-hydrogen) atoms. The fraction of sp³-hybridized carbons (Fsp3) is 0.333. The maximum atomic E-state index is 12.9. The number of hydrogen-bond donors (Lipinski definition) is 0. The summed E-state index contributed by atoms with van der Waals surface area (Å²) in [5.74, 6) is 1.14. The van der Waals surface area contributed by atoms with Crippen LogP contribution in [0.15, 0.2) is 45.4 Å². The third kappa shape index (κ3) is 4.13. The number of aromatic nitrogens is 2. The first-order chi connectivity index (χ1) is 14.3. The van der Waals surface area contributed by atoms with Gasteiger partial charge in [-0.15, -0.1) is 10.2 Å². The van der Waals surface area contributed by atoms with Crippen LogP contribution in [-0.4, -0.2) is 46.2 Å². The van der Waals surface area contributed by atoms with E-state index >= 15 is 0 Å². The van der Waals surface area contributed by atoms with Gasteiger partial charge in [-0.25, -0.2) is 0 Å². The van der Waals surface area contributed by atoms with Crippen LogP contribution >= 0.6 is 0 Å². The molecule has 4 rings (SSSR count). The summed E-state index contributed by atoms with van der Waals surface area (Å²) >= 11 is 0. The molecule has 0 spiro atoms. The van der Waals surface area contributed by atoms with E-state index in [1.165, 1.54) is 6.26 Å². The van der Waals surface area contributed by atoms with Gasteiger partial charge in [-0.2, -0.15) is 13.2 Å². The second-order valence-electron chi connectivity index (χ2n) is 6.70. The lowest BCUT2D eigenvalue weighted by atomic mass is 10.1. The van der Waals surface area contributed by atoms with Crippen LogP contribution in [0.1, 0.15) is 11.5 Å². The Labute approximate surface area is 167 Å². The molecule has 1 fully saturated rings. The van der Waals surface area contributed by atoms with Crippen molar-refractivity contribution in [2.24, 2.45) is 0 Å². The van der Waals surface area contributed by atoms with Gasteiger partial charge >= 0.3 is 6.18 Å². The van der Waals surface area contributed by atoms with Crippen molar-refractivity contribution < 1.29 is 26.9 Å². The fourth-order valence-corrected chi connectivity index (χ4v) is 3.27. The molecule has 0 amide bonds. The smallest absolute Gasteiger partial charge is 0.416 e. The molecule has 0 bridgehead atoms. The minimum absolute atomic E-state index is 0.172. The maximum absolute atomic E-state index is 12.9. The van der Waals surface area contributed by atoms with Gasteiger partial charge in [0.1, 0.15) is 5.69 Å². The van der Waals surface area contributed by atoms with Crippen molar-refractivity contribution in [1.29, 1.82) is 0 Å². The lowest BCUT2D eigenvalue weighted by molar-refractivity contribution is -0.384. The normalized spacial score (nSPS) is 15.5. The second-order valence-corrected chi connectivity index (χ2v) is 6.70. The van der Waals surface area contributed by atoms with Crippen LogP contribution in [0.4, 0.5) is 24.5 Å². The van der Waals surface area contributed by atoms with E-state index in [-0.39, 0.29) is 11.6 Å². The number of anilines is 1. The van der Waals surface area contributed by atoms with Gasteiger partial charge in [0.2, 0.25) is 5.89 Å². The quantitative estimate of drug-likeness (QED) is 0.453. The highest BCUT2D eigenvalue weighted by Crippen LogP contribution is 2.36. The van der Waals surface area contributed by atoms with Gasteiger partial charge in [0, 0.05) is 32.2 Å². The zero-order valence-electron chi connectivity index (χ0n) is 15.5. The van der Waals surface area contributed by atoms with E-state index in [1.54, 1.807) is 17.0 Å². The van der Waals surface area contributed by atoms with Gasteiger partial charge < -0.3 is 13.7 Å². The number of piperazine rings is 1. The molecule has 0 atom stereocenters. The lowest BCUT2D eigenvalue weighted by Gasteiger charge is -2.35. The molecule has 1 aliphatic heterocycles. The number of rotatable bonds is 5. The molecule has 1 aliphatic rings. The van der Waals surface area contributed by atoms with Crippen LogP contribution in [0.3, 0.4) is 0 Å². The molecule has 0 N–H and O–H groups in total. The van der Waals surface area contributed by atoms with Crippen molar-refractivity contribution in [3.8, 4) is 11.7 Å². The van der Waals surface area contributed by atoms with Crippen molar-refractivity contribution in [2.45, 2.75) is 12.7 Å². The van der Waals surface area contributed by atoms with Gasteiger partial charge in [-0.3, -0.25) is 15.0 Å². The summed E-state index contributed by atoms with van der Waals surface area (Å²) in [6, 6.07) is 6.01. The Morgan fingerprint density at radius 1 is 1.13 bits per heavy atom. The summed E-state index contributed by atoms with van der Waals surface area (Å²) in [5, 5.41) is 19.2. The molecule has 1 saturated heterocycles. The first kappa shape index (κ1) is 19.9. The molecular weight excluding hydrogens is 407 g/mol. The second kappa shape index (κ2) is 7.78. The largest absolute Gasteiger partial charge is 0.459 e. The molecule has 0 unspecified atom stereocenters. The Balaban J connectivity index is 1.42. The first-order valence-electron chi connectivity index (χ1n) is 9.00. The van der Waals surface area contributed by atoms with E-state index in [1.807, 2.05) is 4.90 Å². The van der Waals surface area contributed by atoms with E-state index in [4.69, 9.17) is 8.83 Å². The third-order valence-corrected chi connectivity index (χ3v) is 4.77. The Morgan fingerprint density at radius 2 is 1.90 bits per heavy atom. The number of furan rings is 1. The highest BCUT2D eigenvalue weighted by molar-refractivity contribution is 5.65. The molecule has 0 aliphatic carbocycles. The molecule has 158 valence electrons. The Bertz CT molecular complexity index is 1030. The Kier molecular flexibility index (Phi) is 5.16. The number of nitro benzene ring substituents is 1. The molecular formula is C18H16F3N5O4. The summed E-state index contributed by atoms with van der Waals surface area (Å²) in [6.07, 6.45) is -3.14. The van der Waals surface area contributed by atoms with Crippen molar-refractivity contribution in [3.63, 3.8) is 0 Å². The van der Waals surface area contributed by atoms with Gasteiger partial charge in [-0.05, 0) is 24.3 Å². The molecule has 0 saturated carbocycles. The standard InChI is InChI=1S/C18H16F3N5O4/c19-18(20,21)12-3-4-13(14(10-12)26(27)28)25-7-5-24(6-8-25)11-16-22-23-17(30-16)15-2-1-9-29-15/h1-4,9-10H,5-8,11H2. The maximum Gasteiger partial charge on any atom is 0.416 e. The van der Waals surface area contributed by atoms with Crippen LogP contribution in [-0.2, 0) is 12.7 Å².